The van der Waals surface area contributed by atoms with Crippen molar-refractivity contribution in [3.05, 3.63) is 23.1 Å². The predicted octanol–water partition coefficient (Wildman–Crippen LogP) is 1.87. The number of hydrogen-bond donors (Lipinski definition) is 2. The van der Waals surface area contributed by atoms with Crippen molar-refractivity contribution in [2.75, 3.05) is 12.0 Å². The Morgan fingerprint density at radius 3 is 2.76 bits per heavy atom. The smallest absolute Gasteiger partial charge is 0.326 e. The number of carboxylic acids is 1. The van der Waals surface area contributed by atoms with Gasteiger partial charge in [-0.1, -0.05) is 0 Å². The van der Waals surface area contributed by atoms with Crippen molar-refractivity contribution in [3.63, 3.8) is 0 Å². The maximum Gasteiger partial charge on any atom is 0.326 e. The summed E-state index contributed by atoms with van der Waals surface area (Å²) in [6.07, 6.45) is 2.23. The van der Waals surface area contributed by atoms with Crippen molar-refractivity contribution < 1.29 is 19.1 Å². The summed E-state index contributed by atoms with van der Waals surface area (Å²) in [5.41, 5.74) is 0. The van der Waals surface area contributed by atoms with E-state index < -0.39 is 17.9 Å². The molecule has 0 aliphatic carbocycles. The molecule has 1 amide bonds. The van der Waals surface area contributed by atoms with Gasteiger partial charge in [0.25, 0.3) is 5.91 Å². The first-order valence-electron chi connectivity index (χ1n) is 4.82. The predicted molar refractivity (Wildman–Crippen MR) is 65.6 cm³/mol. The summed E-state index contributed by atoms with van der Waals surface area (Å²) < 4.78 is 4.89. The van der Waals surface area contributed by atoms with E-state index in [0.717, 1.165) is 0 Å². The SMILES string of the molecule is CSCC[C@@H](NC(=O)c1ccc(Cl)o1)C(=O)O. The van der Waals surface area contributed by atoms with Crippen molar-refractivity contribution in [3.8, 4) is 0 Å². The van der Waals surface area contributed by atoms with Crippen LogP contribution in [0.3, 0.4) is 0 Å². The third kappa shape index (κ3) is 4.32. The third-order valence-corrected chi connectivity index (χ3v) is 2.86. The number of rotatable bonds is 6. The highest BCUT2D eigenvalue weighted by Crippen LogP contribution is 2.13. The zero-order valence-corrected chi connectivity index (χ0v) is 10.7. The first kappa shape index (κ1) is 13.9. The Morgan fingerprint density at radius 1 is 1.59 bits per heavy atom. The van der Waals surface area contributed by atoms with Crippen LogP contribution in [-0.4, -0.2) is 35.0 Å². The Labute approximate surface area is 108 Å². The lowest BCUT2D eigenvalue weighted by Crippen LogP contribution is -2.41. The number of aliphatic carboxylic acids is 1. The Morgan fingerprint density at radius 2 is 2.29 bits per heavy atom. The fraction of sp³-hybridized carbons (Fsp3) is 0.400. The molecule has 5 nitrogen and oxygen atoms in total. The second kappa shape index (κ2) is 6.56. The van der Waals surface area contributed by atoms with Gasteiger partial charge in [0.1, 0.15) is 6.04 Å². The number of amides is 1. The molecule has 0 bridgehead atoms. The van der Waals surface area contributed by atoms with Crippen LogP contribution >= 0.6 is 23.4 Å². The number of nitrogens with one attached hydrogen (secondary N) is 1. The number of carbonyl (C=O) groups is 2. The van der Waals surface area contributed by atoms with Gasteiger partial charge in [0.05, 0.1) is 0 Å². The molecular weight excluding hydrogens is 266 g/mol. The molecular formula is C10H12ClNO4S. The van der Waals surface area contributed by atoms with Crippen LogP contribution in [0.1, 0.15) is 17.0 Å². The molecule has 1 aromatic heterocycles. The summed E-state index contributed by atoms with van der Waals surface area (Å²) >= 11 is 7.04. The summed E-state index contributed by atoms with van der Waals surface area (Å²) in [6, 6.07) is 1.90. The first-order chi connectivity index (χ1) is 8.04. The molecule has 0 aliphatic heterocycles. The average Bonchev–Trinajstić information content (AvgIpc) is 2.70. The normalized spacial score (nSPS) is 12.1. The van der Waals surface area contributed by atoms with Crippen LogP contribution in [0.2, 0.25) is 5.22 Å². The van der Waals surface area contributed by atoms with E-state index in [2.05, 4.69) is 5.32 Å². The molecule has 2 N–H and O–H groups in total. The van der Waals surface area contributed by atoms with Gasteiger partial charge < -0.3 is 14.8 Å². The number of hydrogen-bond acceptors (Lipinski definition) is 4. The first-order valence-corrected chi connectivity index (χ1v) is 6.59. The van der Waals surface area contributed by atoms with Crippen LogP contribution in [0.5, 0.6) is 0 Å². The Kier molecular flexibility index (Phi) is 5.37. The molecule has 7 heteroatoms. The lowest BCUT2D eigenvalue weighted by Gasteiger charge is -2.12. The minimum atomic E-state index is -1.06. The van der Waals surface area contributed by atoms with Crippen molar-refractivity contribution in [2.24, 2.45) is 0 Å². The molecule has 0 radical (unpaired) electrons. The highest BCUT2D eigenvalue weighted by Gasteiger charge is 2.21. The molecule has 0 unspecified atom stereocenters. The molecule has 1 rings (SSSR count). The Hall–Kier alpha value is -1.14. The van der Waals surface area contributed by atoms with Crippen LogP contribution in [-0.2, 0) is 4.79 Å². The fourth-order valence-corrected chi connectivity index (χ4v) is 1.78. The van der Waals surface area contributed by atoms with E-state index in [9.17, 15) is 9.59 Å². The van der Waals surface area contributed by atoms with E-state index >= 15 is 0 Å². The molecule has 0 spiro atoms. The van der Waals surface area contributed by atoms with Gasteiger partial charge in [0, 0.05) is 0 Å². The summed E-state index contributed by atoms with van der Waals surface area (Å²) in [6.45, 7) is 0. The van der Waals surface area contributed by atoms with Crippen LogP contribution in [0.4, 0.5) is 0 Å². The van der Waals surface area contributed by atoms with E-state index in [4.69, 9.17) is 21.1 Å². The second-order valence-corrected chi connectivity index (χ2v) is 4.61. The fourth-order valence-electron chi connectivity index (χ4n) is 1.16. The zero-order chi connectivity index (χ0) is 12.8. The molecule has 0 fully saturated rings. The minimum Gasteiger partial charge on any atom is -0.480 e. The molecule has 0 aromatic carbocycles. The molecule has 17 heavy (non-hydrogen) atoms. The van der Waals surface area contributed by atoms with E-state index in [1.807, 2.05) is 6.26 Å². The topological polar surface area (TPSA) is 79.5 Å². The van der Waals surface area contributed by atoms with Crippen LogP contribution < -0.4 is 5.32 Å². The number of carboxylic acid groups (broad SMARTS) is 1. The van der Waals surface area contributed by atoms with Crippen molar-refractivity contribution in [2.45, 2.75) is 12.5 Å². The second-order valence-electron chi connectivity index (χ2n) is 3.25. The van der Waals surface area contributed by atoms with E-state index in [0.29, 0.717) is 12.2 Å². The van der Waals surface area contributed by atoms with Crippen LogP contribution in [0.25, 0.3) is 0 Å². The Bertz CT molecular complexity index is 407. The van der Waals surface area contributed by atoms with Gasteiger partial charge in [-0.05, 0) is 42.2 Å². The lowest BCUT2D eigenvalue weighted by atomic mass is 10.2. The summed E-state index contributed by atoms with van der Waals surface area (Å²) in [5.74, 6) is -0.989. The van der Waals surface area contributed by atoms with Gasteiger partial charge >= 0.3 is 5.97 Å². The van der Waals surface area contributed by atoms with Crippen molar-refractivity contribution in [1.29, 1.82) is 0 Å². The van der Waals surface area contributed by atoms with E-state index in [1.54, 1.807) is 0 Å². The van der Waals surface area contributed by atoms with Gasteiger partial charge in [0.15, 0.2) is 11.0 Å². The number of furan rings is 1. The molecule has 0 saturated carbocycles. The molecule has 94 valence electrons. The van der Waals surface area contributed by atoms with Gasteiger partial charge in [-0.2, -0.15) is 11.8 Å². The van der Waals surface area contributed by atoms with Gasteiger partial charge in [-0.25, -0.2) is 4.79 Å². The summed E-state index contributed by atoms with van der Waals surface area (Å²) in [5, 5.41) is 11.4. The standard InChI is InChI=1S/C10H12ClNO4S/c1-17-5-4-6(10(14)15)12-9(13)7-2-3-8(11)16-7/h2-3,6H,4-5H2,1H3,(H,12,13)(H,14,15)/t6-/m1/s1. The molecule has 0 saturated heterocycles. The van der Waals surface area contributed by atoms with E-state index in [1.165, 1.54) is 23.9 Å². The molecule has 1 atom stereocenters. The molecule has 1 aromatic rings. The highest BCUT2D eigenvalue weighted by atomic mass is 35.5. The summed E-state index contributed by atoms with van der Waals surface area (Å²) in [7, 11) is 0. The number of thioether (sulfide) groups is 1. The summed E-state index contributed by atoms with van der Waals surface area (Å²) in [4.78, 5) is 22.5. The van der Waals surface area contributed by atoms with Crippen LogP contribution in [0, 0.1) is 0 Å². The largest absolute Gasteiger partial charge is 0.480 e. The van der Waals surface area contributed by atoms with Crippen molar-refractivity contribution in [1.82, 2.24) is 5.32 Å². The van der Waals surface area contributed by atoms with E-state index in [-0.39, 0.29) is 11.0 Å². The van der Waals surface area contributed by atoms with Crippen LogP contribution in [0.15, 0.2) is 16.5 Å². The zero-order valence-electron chi connectivity index (χ0n) is 9.10. The van der Waals surface area contributed by atoms with Gasteiger partial charge in [-0.15, -0.1) is 0 Å². The monoisotopic (exact) mass is 277 g/mol. The minimum absolute atomic E-state index is 0.00500. The molecule has 0 aliphatic rings. The third-order valence-electron chi connectivity index (χ3n) is 2.01. The molecule has 1 heterocycles. The maximum absolute atomic E-state index is 11.6. The Balaban J connectivity index is 2.60. The average molecular weight is 278 g/mol. The highest BCUT2D eigenvalue weighted by molar-refractivity contribution is 7.98. The van der Waals surface area contributed by atoms with Gasteiger partial charge in [0.2, 0.25) is 0 Å². The number of halogens is 1. The number of carbonyl (C=O) groups excluding carboxylic acids is 1. The van der Waals surface area contributed by atoms with Gasteiger partial charge in [-0.3, -0.25) is 4.79 Å². The van der Waals surface area contributed by atoms with Crippen molar-refractivity contribution >= 4 is 35.2 Å². The lowest BCUT2D eigenvalue weighted by molar-refractivity contribution is -0.139. The quantitative estimate of drug-likeness (QED) is 0.830. The maximum atomic E-state index is 11.6.